The summed E-state index contributed by atoms with van der Waals surface area (Å²) in [6.45, 7) is 1.18. The molecule has 158 valence electrons. The van der Waals surface area contributed by atoms with Gasteiger partial charge in [0, 0.05) is 13.1 Å². The molecule has 1 saturated heterocycles. The van der Waals surface area contributed by atoms with Gasteiger partial charge in [-0.3, -0.25) is 0 Å². The van der Waals surface area contributed by atoms with Crippen molar-refractivity contribution in [3.8, 4) is 23.0 Å². The SMILES string of the molecule is COc1cc2c(N3CCC(O)(c4cccc(O)c4)CC3)ncnc2c(OC)c1OC. The average Bonchev–Trinajstić information content (AvgIpc) is 2.77. The molecule has 2 N–H and O–H groups in total. The molecule has 30 heavy (non-hydrogen) atoms. The van der Waals surface area contributed by atoms with E-state index >= 15 is 0 Å². The second-order valence-electron chi connectivity index (χ2n) is 7.31. The smallest absolute Gasteiger partial charge is 0.205 e. The Morgan fingerprint density at radius 3 is 2.33 bits per heavy atom. The molecular formula is C22H25N3O5. The molecule has 1 aliphatic rings. The standard InChI is InChI=1S/C22H25N3O5/c1-28-17-12-16-18(20(30-3)19(17)29-2)23-13-24-21(16)25-9-7-22(27,8-10-25)14-5-4-6-15(26)11-14/h4-6,11-13,26-27H,7-10H2,1-3H3. The molecule has 0 unspecified atom stereocenters. The van der Waals surface area contributed by atoms with Gasteiger partial charge in [-0.2, -0.15) is 0 Å². The molecule has 0 amide bonds. The predicted molar refractivity (Wildman–Crippen MR) is 113 cm³/mol. The molecule has 0 saturated carbocycles. The number of fused-ring (bicyclic) bond motifs is 1. The van der Waals surface area contributed by atoms with Crippen molar-refractivity contribution in [1.82, 2.24) is 9.97 Å². The van der Waals surface area contributed by atoms with Crippen LogP contribution in [0.2, 0.25) is 0 Å². The minimum Gasteiger partial charge on any atom is -0.508 e. The topological polar surface area (TPSA) is 97.2 Å². The molecule has 8 nitrogen and oxygen atoms in total. The fourth-order valence-corrected chi connectivity index (χ4v) is 4.07. The Labute approximate surface area is 174 Å². The van der Waals surface area contributed by atoms with Crippen molar-refractivity contribution < 1.29 is 24.4 Å². The maximum atomic E-state index is 11.2. The van der Waals surface area contributed by atoms with Gasteiger partial charge in [0.05, 0.1) is 32.3 Å². The number of benzene rings is 2. The quantitative estimate of drug-likeness (QED) is 0.662. The van der Waals surface area contributed by atoms with E-state index < -0.39 is 5.60 Å². The molecule has 2 heterocycles. The van der Waals surface area contributed by atoms with Crippen molar-refractivity contribution in [3.05, 3.63) is 42.2 Å². The van der Waals surface area contributed by atoms with E-state index in [9.17, 15) is 10.2 Å². The zero-order valence-corrected chi connectivity index (χ0v) is 17.3. The van der Waals surface area contributed by atoms with E-state index in [1.807, 2.05) is 12.1 Å². The summed E-state index contributed by atoms with van der Waals surface area (Å²) in [7, 11) is 4.69. The number of aromatic hydroxyl groups is 1. The monoisotopic (exact) mass is 411 g/mol. The van der Waals surface area contributed by atoms with Crippen molar-refractivity contribution >= 4 is 16.7 Å². The summed E-state index contributed by atoms with van der Waals surface area (Å²) in [5.74, 6) is 2.40. The van der Waals surface area contributed by atoms with E-state index in [-0.39, 0.29) is 5.75 Å². The van der Waals surface area contributed by atoms with Crippen molar-refractivity contribution in [2.24, 2.45) is 0 Å². The lowest BCUT2D eigenvalue weighted by molar-refractivity contribution is 0.0115. The van der Waals surface area contributed by atoms with E-state index in [4.69, 9.17) is 14.2 Å². The summed E-state index contributed by atoms with van der Waals surface area (Å²) in [5, 5.41) is 21.7. The number of hydrogen-bond donors (Lipinski definition) is 2. The normalized spacial score (nSPS) is 15.8. The Morgan fingerprint density at radius 2 is 1.70 bits per heavy atom. The van der Waals surface area contributed by atoms with Crippen molar-refractivity contribution in [3.63, 3.8) is 0 Å². The van der Waals surface area contributed by atoms with E-state index in [2.05, 4.69) is 14.9 Å². The lowest BCUT2D eigenvalue weighted by atomic mass is 9.84. The minimum absolute atomic E-state index is 0.151. The van der Waals surface area contributed by atoms with Crippen LogP contribution in [0.15, 0.2) is 36.7 Å². The molecule has 1 fully saturated rings. The minimum atomic E-state index is -0.989. The third-order valence-electron chi connectivity index (χ3n) is 5.69. The first kappa shape index (κ1) is 20.0. The number of nitrogens with zero attached hydrogens (tertiary/aromatic N) is 3. The molecule has 0 radical (unpaired) electrons. The highest BCUT2D eigenvalue weighted by molar-refractivity contribution is 5.97. The average molecular weight is 411 g/mol. The first-order valence-corrected chi connectivity index (χ1v) is 9.71. The number of phenols is 1. The molecule has 0 spiro atoms. The van der Waals surface area contributed by atoms with Gasteiger partial charge >= 0.3 is 0 Å². The summed E-state index contributed by atoms with van der Waals surface area (Å²) in [6, 6.07) is 8.67. The summed E-state index contributed by atoms with van der Waals surface area (Å²) in [6.07, 6.45) is 2.51. The highest BCUT2D eigenvalue weighted by Crippen LogP contribution is 2.45. The Bertz CT molecular complexity index is 1060. The zero-order valence-electron chi connectivity index (χ0n) is 17.3. The van der Waals surface area contributed by atoms with Crippen molar-refractivity contribution in [2.45, 2.75) is 18.4 Å². The number of aliphatic hydroxyl groups is 1. The second-order valence-corrected chi connectivity index (χ2v) is 7.31. The number of ether oxygens (including phenoxy) is 3. The Morgan fingerprint density at radius 1 is 0.967 bits per heavy atom. The van der Waals surface area contributed by atoms with Gasteiger partial charge in [-0.15, -0.1) is 0 Å². The largest absolute Gasteiger partial charge is 0.508 e. The fourth-order valence-electron chi connectivity index (χ4n) is 4.07. The third-order valence-corrected chi connectivity index (χ3v) is 5.69. The van der Waals surface area contributed by atoms with Gasteiger partial charge in [0.15, 0.2) is 11.5 Å². The van der Waals surface area contributed by atoms with Gasteiger partial charge in [-0.05, 0) is 36.6 Å². The van der Waals surface area contributed by atoms with Crippen LogP contribution in [-0.4, -0.2) is 54.6 Å². The highest BCUT2D eigenvalue weighted by Gasteiger charge is 2.35. The first-order valence-electron chi connectivity index (χ1n) is 9.71. The number of aromatic nitrogens is 2. The van der Waals surface area contributed by atoms with E-state index in [0.717, 1.165) is 16.8 Å². The third kappa shape index (κ3) is 3.33. The van der Waals surface area contributed by atoms with E-state index in [1.165, 1.54) is 6.33 Å². The molecule has 2 aromatic carbocycles. The molecular weight excluding hydrogens is 386 g/mol. The highest BCUT2D eigenvalue weighted by atomic mass is 16.5. The van der Waals surface area contributed by atoms with Crippen LogP contribution < -0.4 is 19.1 Å². The number of phenolic OH excluding ortho intramolecular Hbond substituents is 1. The fraction of sp³-hybridized carbons (Fsp3) is 0.364. The Kier molecular flexibility index (Phi) is 5.26. The van der Waals surface area contributed by atoms with Gasteiger partial charge in [0.1, 0.15) is 23.4 Å². The summed E-state index contributed by atoms with van der Waals surface area (Å²) in [4.78, 5) is 11.0. The van der Waals surface area contributed by atoms with Gasteiger partial charge in [-0.25, -0.2) is 9.97 Å². The van der Waals surface area contributed by atoms with Crippen LogP contribution in [0.1, 0.15) is 18.4 Å². The van der Waals surface area contributed by atoms with Gasteiger partial charge in [-0.1, -0.05) is 12.1 Å². The molecule has 0 aliphatic carbocycles. The number of methoxy groups -OCH3 is 3. The van der Waals surface area contributed by atoms with Crippen LogP contribution >= 0.6 is 0 Å². The molecule has 3 aromatic rings. The molecule has 0 bridgehead atoms. The molecule has 8 heteroatoms. The van der Waals surface area contributed by atoms with Crippen LogP contribution in [0.3, 0.4) is 0 Å². The summed E-state index contributed by atoms with van der Waals surface area (Å²) >= 11 is 0. The maximum Gasteiger partial charge on any atom is 0.205 e. The van der Waals surface area contributed by atoms with Gasteiger partial charge < -0.3 is 29.3 Å². The van der Waals surface area contributed by atoms with Crippen LogP contribution in [-0.2, 0) is 5.60 Å². The van der Waals surface area contributed by atoms with Crippen LogP contribution in [0.25, 0.3) is 10.9 Å². The molecule has 1 aliphatic heterocycles. The summed E-state index contributed by atoms with van der Waals surface area (Å²) < 4.78 is 16.5. The van der Waals surface area contributed by atoms with E-state index in [0.29, 0.717) is 48.7 Å². The molecule has 4 rings (SSSR count). The maximum absolute atomic E-state index is 11.2. The number of anilines is 1. The predicted octanol–water partition coefficient (Wildman–Crippen LogP) is 2.85. The Balaban J connectivity index is 1.69. The van der Waals surface area contributed by atoms with Crippen LogP contribution in [0, 0.1) is 0 Å². The molecule has 1 aromatic heterocycles. The first-order chi connectivity index (χ1) is 14.5. The number of hydrogen-bond acceptors (Lipinski definition) is 8. The number of piperidine rings is 1. The van der Waals surface area contributed by atoms with Gasteiger partial charge in [0.25, 0.3) is 0 Å². The molecule has 0 atom stereocenters. The van der Waals surface area contributed by atoms with Crippen LogP contribution in [0.4, 0.5) is 5.82 Å². The van der Waals surface area contributed by atoms with E-state index in [1.54, 1.807) is 39.5 Å². The lowest BCUT2D eigenvalue weighted by Gasteiger charge is -2.39. The van der Waals surface area contributed by atoms with Crippen LogP contribution in [0.5, 0.6) is 23.0 Å². The lowest BCUT2D eigenvalue weighted by Crippen LogP contribution is -2.43. The van der Waals surface area contributed by atoms with Crippen molar-refractivity contribution in [1.29, 1.82) is 0 Å². The zero-order chi connectivity index (χ0) is 21.3. The Hall–Kier alpha value is -3.26. The van der Waals surface area contributed by atoms with Crippen molar-refractivity contribution in [2.75, 3.05) is 39.3 Å². The number of rotatable bonds is 5. The van der Waals surface area contributed by atoms with Gasteiger partial charge in [0.2, 0.25) is 5.75 Å². The second kappa shape index (κ2) is 7.87. The summed E-state index contributed by atoms with van der Waals surface area (Å²) in [5.41, 5.74) is 0.369.